The van der Waals surface area contributed by atoms with Gasteiger partial charge in [0, 0.05) is 6.42 Å². The number of alkyl halides is 13. The summed E-state index contributed by atoms with van der Waals surface area (Å²) in [4.78, 5) is 0. The van der Waals surface area contributed by atoms with Crippen LogP contribution in [0.3, 0.4) is 0 Å². The van der Waals surface area contributed by atoms with Crippen LogP contribution in [0.5, 0.6) is 0 Å². The van der Waals surface area contributed by atoms with Crippen molar-refractivity contribution < 1.29 is 69.7 Å². The van der Waals surface area contributed by atoms with Crippen molar-refractivity contribution in [1.29, 1.82) is 0 Å². The highest BCUT2D eigenvalue weighted by Crippen LogP contribution is 2.60. The zero-order valence-electron chi connectivity index (χ0n) is 13.7. The third-order valence-electron chi connectivity index (χ3n) is 3.22. The molecular formula is C12H11F13O3S. The first kappa shape index (κ1) is 27.7. The lowest BCUT2D eigenvalue weighted by molar-refractivity contribution is -0.440. The van der Waals surface area contributed by atoms with E-state index in [1.807, 2.05) is 0 Å². The molecule has 0 rings (SSSR count). The maximum Gasteiger partial charge on any atom is 0.460 e. The third-order valence-corrected chi connectivity index (χ3v) is 4.39. The van der Waals surface area contributed by atoms with Gasteiger partial charge in [0.15, 0.2) is 0 Å². The molecule has 3 nitrogen and oxygen atoms in total. The van der Waals surface area contributed by atoms with Gasteiger partial charge in [0.25, 0.3) is 10.1 Å². The first-order valence-corrected chi connectivity index (χ1v) is 8.53. The van der Waals surface area contributed by atoms with Gasteiger partial charge in [-0.3, -0.25) is 4.18 Å². The van der Waals surface area contributed by atoms with Gasteiger partial charge >= 0.3 is 35.8 Å². The summed E-state index contributed by atoms with van der Waals surface area (Å²) in [5.74, 6) is -38.1. The molecule has 0 bridgehead atoms. The molecule has 0 saturated heterocycles. The summed E-state index contributed by atoms with van der Waals surface area (Å²) in [6.45, 7) is 1.61. The maximum absolute atomic E-state index is 13.4. The summed E-state index contributed by atoms with van der Waals surface area (Å²) in [5, 5.41) is 0. The molecule has 0 spiro atoms. The van der Waals surface area contributed by atoms with Crippen molar-refractivity contribution in [2.75, 3.05) is 12.4 Å². The third kappa shape index (κ3) is 5.08. The first-order valence-electron chi connectivity index (χ1n) is 6.95. The molecule has 0 aliphatic heterocycles. The second-order valence-electron chi connectivity index (χ2n) is 5.44. The molecule has 0 aromatic carbocycles. The van der Waals surface area contributed by atoms with Crippen LogP contribution in [0.1, 0.15) is 12.8 Å². The lowest BCUT2D eigenvalue weighted by Crippen LogP contribution is -2.70. The maximum atomic E-state index is 13.4. The fourth-order valence-electron chi connectivity index (χ4n) is 1.63. The van der Waals surface area contributed by atoms with Crippen molar-refractivity contribution in [2.45, 2.75) is 48.6 Å². The van der Waals surface area contributed by atoms with E-state index < -0.39 is 71.1 Å². The highest BCUT2D eigenvalue weighted by molar-refractivity contribution is 7.86. The second kappa shape index (κ2) is 8.11. The molecule has 0 aromatic rings. The van der Waals surface area contributed by atoms with E-state index in [0.29, 0.717) is 0 Å². The minimum atomic E-state index is -7.96. The molecule has 29 heavy (non-hydrogen) atoms. The normalized spacial score (nSPS) is 15.5. The highest BCUT2D eigenvalue weighted by atomic mass is 32.2. The summed E-state index contributed by atoms with van der Waals surface area (Å²) in [6, 6.07) is 0. The molecule has 0 fully saturated rings. The zero-order valence-corrected chi connectivity index (χ0v) is 14.5. The van der Waals surface area contributed by atoms with Crippen molar-refractivity contribution in [1.82, 2.24) is 0 Å². The Balaban J connectivity index is 5.63. The Hall–Kier alpha value is -1.26. The van der Waals surface area contributed by atoms with Gasteiger partial charge in [0.1, 0.15) is 0 Å². The van der Waals surface area contributed by atoms with E-state index in [1.54, 1.807) is 0 Å². The summed E-state index contributed by atoms with van der Waals surface area (Å²) < 4.78 is 193. The van der Waals surface area contributed by atoms with Crippen molar-refractivity contribution in [2.24, 2.45) is 0 Å². The summed E-state index contributed by atoms with van der Waals surface area (Å²) in [7, 11) is -4.42. The Bertz CT molecular complexity index is 682. The molecule has 17 heteroatoms. The van der Waals surface area contributed by atoms with Gasteiger partial charge in [-0.2, -0.15) is 65.5 Å². The Labute approximate surface area is 154 Å². The van der Waals surface area contributed by atoms with Gasteiger partial charge in [-0.1, -0.05) is 6.08 Å². The van der Waals surface area contributed by atoms with Crippen molar-refractivity contribution in [3.63, 3.8) is 0 Å². The average Bonchev–Trinajstić information content (AvgIpc) is 2.49. The van der Waals surface area contributed by atoms with Crippen LogP contribution in [0.2, 0.25) is 0 Å². The Morgan fingerprint density at radius 1 is 0.724 bits per heavy atom. The summed E-state index contributed by atoms with van der Waals surface area (Å²) in [5.41, 5.74) is 0. The van der Waals surface area contributed by atoms with Crippen LogP contribution in [0, 0.1) is 0 Å². The molecule has 0 atom stereocenters. The molecule has 0 radical (unpaired) electrons. The molecular weight excluding hydrogens is 471 g/mol. The van der Waals surface area contributed by atoms with E-state index in [4.69, 9.17) is 0 Å². The largest absolute Gasteiger partial charge is 0.460 e. The van der Waals surface area contributed by atoms with Gasteiger partial charge in [0.05, 0.1) is 12.4 Å². The number of rotatable bonds is 11. The van der Waals surface area contributed by atoms with Gasteiger partial charge < -0.3 is 0 Å². The second-order valence-corrected chi connectivity index (χ2v) is 7.12. The van der Waals surface area contributed by atoms with Crippen LogP contribution in [0.15, 0.2) is 12.7 Å². The minimum absolute atomic E-state index is 0.752. The molecule has 0 saturated carbocycles. The molecule has 0 aliphatic carbocycles. The smallest absolute Gasteiger partial charge is 0.270 e. The van der Waals surface area contributed by atoms with E-state index in [0.717, 1.165) is 6.08 Å². The molecule has 0 heterocycles. The van der Waals surface area contributed by atoms with Gasteiger partial charge in [-0.05, 0) is 6.42 Å². The SMILES string of the molecule is C=CCS(=O)(=O)OCCCC(F)(F)C(F)(F)C(F)(F)C(F)(F)C(F)(F)C(F)(F)F. The number of hydrogen-bond acceptors (Lipinski definition) is 3. The molecule has 0 unspecified atom stereocenters. The lowest BCUT2D eigenvalue weighted by atomic mass is 9.92. The lowest BCUT2D eigenvalue weighted by Gasteiger charge is -2.39. The van der Waals surface area contributed by atoms with Crippen molar-refractivity contribution in [3.05, 3.63) is 12.7 Å². The molecule has 0 N–H and O–H groups in total. The van der Waals surface area contributed by atoms with E-state index in [9.17, 15) is 65.5 Å². The number of halogens is 13. The van der Waals surface area contributed by atoms with E-state index in [-0.39, 0.29) is 0 Å². The number of hydrogen-bond donors (Lipinski definition) is 0. The standard InChI is InChI=1S/C12H11F13O3S/c1-2-6-29(26,27)28-5-3-4-7(13,14)8(15,16)9(17,18)10(19,20)11(21,22)12(23,24)25/h2H,1,3-6H2. The molecule has 0 aromatic heterocycles. The topological polar surface area (TPSA) is 43.4 Å². The summed E-state index contributed by atoms with van der Waals surface area (Å²) >= 11 is 0. The van der Waals surface area contributed by atoms with Gasteiger partial charge in [0.2, 0.25) is 0 Å². The Morgan fingerprint density at radius 3 is 1.52 bits per heavy atom. The highest BCUT2D eigenvalue weighted by Gasteiger charge is 2.90. The van der Waals surface area contributed by atoms with Gasteiger partial charge in [-0.25, -0.2) is 0 Å². The van der Waals surface area contributed by atoms with Crippen molar-refractivity contribution >= 4 is 10.1 Å². The van der Waals surface area contributed by atoms with Gasteiger partial charge in [-0.15, -0.1) is 6.58 Å². The van der Waals surface area contributed by atoms with Crippen LogP contribution in [0.4, 0.5) is 57.1 Å². The Morgan fingerprint density at radius 2 is 1.14 bits per heavy atom. The van der Waals surface area contributed by atoms with Crippen LogP contribution < -0.4 is 0 Å². The van der Waals surface area contributed by atoms with Crippen LogP contribution in [0.25, 0.3) is 0 Å². The van der Waals surface area contributed by atoms with Crippen LogP contribution in [-0.4, -0.2) is 56.6 Å². The van der Waals surface area contributed by atoms with Crippen molar-refractivity contribution in [3.8, 4) is 0 Å². The first-order chi connectivity index (χ1) is 12.5. The summed E-state index contributed by atoms with van der Waals surface area (Å²) in [6.07, 6.45) is -10.7. The fourth-order valence-corrected chi connectivity index (χ4v) is 2.39. The Kier molecular flexibility index (Phi) is 7.76. The predicted octanol–water partition coefficient (Wildman–Crippen LogP) is 5.04. The molecule has 0 amide bonds. The predicted molar refractivity (Wildman–Crippen MR) is 70.0 cm³/mol. The van der Waals surface area contributed by atoms with E-state index >= 15 is 0 Å². The fraction of sp³-hybridized carbons (Fsp3) is 0.833. The molecule has 174 valence electrons. The minimum Gasteiger partial charge on any atom is -0.270 e. The monoisotopic (exact) mass is 482 g/mol. The average molecular weight is 482 g/mol. The molecule has 0 aliphatic rings. The van der Waals surface area contributed by atoms with E-state index in [1.165, 1.54) is 0 Å². The van der Waals surface area contributed by atoms with Crippen LogP contribution >= 0.6 is 0 Å². The zero-order chi connectivity index (χ0) is 23.7. The quantitative estimate of drug-likeness (QED) is 0.180. The van der Waals surface area contributed by atoms with Crippen LogP contribution in [-0.2, 0) is 14.3 Å². The van der Waals surface area contributed by atoms with E-state index in [2.05, 4.69) is 10.8 Å².